The van der Waals surface area contributed by atoms with Gasteiger partial charge in [0, 0.05) is 6.42 Å². The van der Waals surface area contributed by atoms with E-state index < -0.39 is 0 Å². The molecule has 0 heterocycles. The minimum Gasteiger partial charge on any atom is -0.153 e. The van der Waals surface area contributed by atoms with E-state index in [1.807, 2.05) is 37.6 Å². The van der Waals surface area contributed by atoms with Crippen LogP contribution < -0.4 is 0 Å². The van der Waals surface area contributed by atoms with Gasteiger partial charge in [-0.15, -0.1) is 18.5 Å². The minimum atomic E-state index is 0. The third kappa shape index (κ3) is 11.6. The summed E-state index contributed by atoms with van der Waals surface area (Å²) < 4.78 is 0. The van der Waals surface area contributed by atoms with Gasteiger partial charge in [0.1, 0.15) is 0 Å². The van der Waals surface area contributed by atoms with Crippen molar-refractivity contribution in [3.05, 3.63) is 114 Å². The summed E-state index contributed by atoms with van der Waals surface area (Å²) in [4.78, 5) is 0. The molecular formula is C27H36P4. The van der Waals surface area contributed by atoms with E-state index >= 15 is 0 Å². The van der Waals surface area contributed by atoms with Crippen LogP contribution >= 0.6 is 38.3 Å². The predicted octanol–water partition coefficient (Wildman–Crippen LogP) is 7.95. The Balaban J connectivity index is 0. The number of rotatable bonds is 6. The summed E-state index contributed by atoms with van der Waals surface area (Å²) in [6, 6.07) is 17.2. The fraction of sp³-hybridized carbons (Fsp3) is 0.111. The molecule has 0 fully saturated rings. The Labute approximate surface area is 201 Å². The highest BCUT2D eigenvalue weighted by Gasteiger charge is 2.02. The molecule has 2 aromatic rings. The smallest absolute Gasteiger partial charge is 0.00485 e. The van der Waals surface area contributed by atoms with Crippen LogP contribution in [0.4, 0.5) is 0 Å². The molecule has 2 rings (SSSR count). The first-order valence-corrected chi connectivity index (χ1v) is 11.0. The Bertz CT molecular complexity index is 935. The highest BCUT2D eigenvalue weighted by molar-refractivity contribution is 7.20. The molecule has 0 aromatic heterocycles. The van der Waals surface area contributed by atoms with Gasteiger partial charge >= 0.3 is 0 Å². The van der Waals surface area contributed by atoms with E-state index in [0.717, 1.165) is 17.6 Å². The molecule has 0 aliphatic rings. The summed E-state index contributed by atoms with van der Waals surface area (Å²) in [6.07, 6.45) is 8.44. The highest BCUT2D eigenvalue weighted by Crippen LogP contribution is 2.24. The lowest BCUT2D eigenvalue weighted by atomic mass is 9.98. The van der Waals surface area contributed by atoms with Crippen molar-refractivity contribution in [3.63, 3.8) is 0 Å². The molecule has 0 saturated carbocycles. The SMILES string of the molecule is C=C/C=C(\C=C/P)c1ccc(-c2ccc(CC(=C)C#C/C=C\P)cc2)cc1.CC.P.P. The van der Waals surface area contributed by atoms with E-state index in [4.69, 9.17) is 0 Å². The number of allylic oxidation sites excluding steroid dienone is 6. The van der Waals surface area contributed by atoms with Gasteiger partial charge in [-0.2, -0.15) is 19.8 Å². The first-order valence-electron chi connectivity index (χ1n) is 9.64. The second kappa shape index (κ2) is 19.1. The lowest BCUT2D eigenvalue weighted by Gasteiger charge is -2.07. The van der Waals surface area contributed by atoms with Gasteiger partial charge in [0.2, 0.25) is 0 Å². The van der Waals surface area contributed by atoms with Crippen LogP contribution in [-0.4, -0.2) is 0 Å². The highest BCUT2D eigenvalue weighted by atomic mass is 31.0. The molecule has 0 saturated heterocycles. The maximum absolute atomic E-state index is 4.03. The first-order chi connectivity index (χ1) is 14.2. The summed E-state index contributed by atoms with van der Waals surface area (Å²) in [6.45, 7) is 11.8. The van der Waals surface area contributed by atoms with Gasteiger partial charge < -0.3 is 0 Å². The molecule has 4 atom stereocenters. The zero-order valence-corrected chi connectivity index (χ0v) is 23.9. The largest absolute Gasteiger partial charge is 0.153 e. The van der Waals surface area contributed by atoms with E-state index in [1.165, 1.54) is 22.3 Å². The minimum absolute atomic E-state index is 0. The lowest BCUT2D eigenvalue weighted by molar-refractivity contribution is 1.22. The zero-order chi connectivity index (χ0) is 21.5. The van der Waals surface area contributed by atoms with Gasteiger partial charge in [-0.25, -0.2) is 0 Å². The zero-order valence-electron chi connectivity index (χ0n) is 18.8. The molecule has 164 valence electrons. The molecule has 4 heteroatoms. The van der Waals surface area contributed by atoms with Crippen LogP contribution in [0.25, 0.3) is 16.7 Å². The molecule has 0 aliphatic heterocycles. The lowest BCUT2D eigenvalue weighted by Crippen LogP contribution is -1.88. The van der Waals surface area contributed by atoms with Crippen molar-refractivity contribution in [1.29, 1.82) is 0 Å². The van der Waals surface area contributed by atoms with Crippen LogP contribution in [0.3, 0.4) is 0 Å². The Morgan fingerprint density at radius 3 is 1.94 bits per heavy atom. The molecule has 0 bridgehead atoms. The molecule has 0 amide bonds. The fourth-order valence-corrected chi connectivity index (χ4v) is 2.93. The monoisotopic (exact) mass is 484 g/mol. The summed E-state index contributed by atoms with van der Waals surface area (Å²) in [5, 5.41) is 0. The Hall–Kier alpha value is -1.58. The quantitative estimate of drug-likeness (QED) is 0.222. The van der Waals surface area contributed by atoms with Crippen molar-refractivity contribution in [1.82, 2.24) is 0 Å². The topological polar surface area (TPSA) is 0 Å². The van der Waals surface area contributed by atoms with Crippen molar-refractivity contribution in [2.75, 3.05) is 0 Å². The van der Waals surface area contributed by atoms with E-state index in [9.17, 15) is 0 Å². The third-order valence-corrected chi connectivity index (χ3v) is 4.31. The second-order valence-electron chi connectivity index (χ2n) is 5.90. The van der Waals surface area contributed by atoms with Crippen molar-refractivity contribution in [2.24, 2.45) is 0 Å². The first kappa shape index (κ1) is 31.6. The maximum atomic E-state index is 4.03. The molecule has 0 N–H and O–H groups in total. The van der Waals surface area contributed by atoms with Crippen LogP contribution in [0.15, 0.2) is 103 Å². The summed E-state index contributed by atoms with van der Waals surface area (Å²) in [7, 11) is 5.11. The predicted molar refractivity (Wildman–Crippen MR) is 162 cm³/mol. The molecule has 0 nitrogen and oxygen atoms in total. The van der Waals surface area contributed by atoms with Gasteiger partial charge in [-0.3, -0.25) is 0 Å². The van der Waals surface area contributed by atoms with Gasteiger partial charge in [-0.1, -0.05) is 117 Å². The Morgan fingerprint density at radius 1 is 0.903 bits per heavy atom. The molecule has 0 aliphatic carbocycles. The molecule has 2 aromatic carbocycles. The number of hydrogen-bond acceptors (Lipinski definition) is 0. The fourth-order valence-electron chi connectivity index (χ4n) is 2.63. The van der Waals surface area contributed by atoms with Crippen molar-refractivity contribution < 1.29 is 0 Å². The van der Waals surface area contributed by atoms with Crippen LogP contribution in [0.5, 0.6) is 0 Å². The molecular weight excluding hydrogens is 448 g/mol. The van der Waals surface area contributed by atoms with Crippen molar-refractivity contribution >= 4 is 43.9 Å². The number of benzene rings is 2. The van der Waals surface area contributed by atoms with Gasteiger partial charge in [0.15, 0.2) is 0 Å². The van der Waals surface area contributed by atoms with Crippen LogP contribution in [0.1, 0.15) is 25.0 Å². The van der Waals surface area contributed by atoms with Gasteiger partial charge in [0.25, 0.3) is 0 Å². The van der Waals surface area contributed by atoms with Crippen LogP contribution in [-0.2, 0) is 6.42 Å². The average molecular weight is 484 g/mol. The molecule has 4 unspecified atom stereocenters. The van der Waals surface area contributed by atoms with E-state index in [1.54, 1.807) is 6.08 Å². The summed E-state index contributed by atoms with van der Waals surface area (Å²) in [5.41, 5.74) is 6.83. The molecule has 31 heavy (non-hydrogen) atoms. The van der Waals surface area contributed by atoms with Crippen LogP contribution in [0.2, 0.25) is 0 Å². The van der Waals surface area contributed by atoms with E-state index in [2.05, 4.69) is 98.1 Å². The van der Waals surface area contributed by atoms with E-state index in [-0.39, 0.29) is 19.8 Å². The van der Waals surface area contributed by atoms with Crippen molar-refractivity contribution in [2.45, 2.75) is 20.3 Å². The second-order valence-corrected chi connectivity index (χ2v) is 6.67. The summed E-state index contributed by atoms with van der Waals surface area (Å²) in [5.74, 6) is 9.81. The maximum Gasteiger partial charge on any atom is 0.00485 e. The van der Waals surface area contributed by atoms with Gasteiger partial charge in [0.05, 0.1) is 0 Å². The Morgan fingerprint density at radius 2 is 1.45 bits per heavy atom. The number of hydrogen-bond donors (Lipinski definition) is 0. The van der Waals surface area contributed by atoms with Gasteiger partial charge in [-0.05, 0) is 39.5 Å². The Kier molecular flexibility index (Phi) is 19.5. The standard InChI is InChI=1S/C25H24P2.C2H6.2H3P/c1-3-6-22(16-18-27)24-12-14-25(15-13-24)23-10-8-21(9-11-23)19-20(2)7-4-5-17-26;1-2;;/h3,5-6,8-18H,1-2,19,26-27H2;1-2H3;2*1H3/b17-5-,18-16-,22-6+;;;. The summed E-state index contributed by atoms with van der Waals surface area (Å²) >= 11 is 0. The van der Waals surface area contributed by atoms with Crippen LogP contribution in [0, 0.1) is 11.8 Å². The van der Waals surface area contributed by atoms with E-state index in [0.29, 0.717) is 0 Å². The van der Waals surface area contributed by atoms with Crippen molar-refractivity contribution in [3.8, 4) is 23.0 Å². The molecule has 0 radical (unpaired) electrons. The average Bonchev–Trinajstić information content (AvgIpc) is 2.76. The molecule has 0 spiro atoms. The normalized spacial score (nSPS) is 10.1. The third-order valence-electron chi connectivity index (χ3n) is 3.92.